The summed E-state index contributed by atoms with van der Waals surface area (Å²) in [5.41, 5.74) is 1.000. The zero-order valence-corrected chi connectivity index (χ0v) is 9.66. The van der Waals surface area contributed by atoms with Gasteiger partial charge in [-0.2, -0.15) is 8.42 Å². The van der Waals surface area contributed by atoms with Crippen LogP contribution in [0.15, 0.2) is 41.2 Å². The predicted octanol–water partition coefficient (Wildman–Crippen LogP) is 1.96. The molecule has 1 saturated heterocycles. The van der Waals surface area contributed by atoms with Gasteiger partial charge in [0.05, 0.1) is 6.61 Å². The van der Waals surface area contributed by atoms with Crippen LogP contribution in [0, 0.1) is 6.92 Å². The molecule has 86 valence electrons. The summed E-state index contributed by atoms with van der Waals surface area (Å²) in [4.78, 5) is 0.147. The third kappa shape index (κ3) is 2.36. The molecule has 0 N–H and O–H groups in total. The molecule has 1 heterocycles. The van der Waals surface area contributed by atoms with Gasteiger partial charge in [0, 0.05) is 6.42 Å². The number of aryl methyl sites for hydroxylation is 1. The first kappa shape index (κ1) is 11.0. The largest absolute Gasteiger partial charge is 0.494 e. The van der Waals surface area contributed by atoms with Crippen molar-refractivity contribution in [3.05, 3.63) is 41.9 Å². The van der Waals surface area contributed by atoms with Crippen LogP contribution in [0.1, 0.15) is 12.0 Å². The van der Waals surface area contributed by atoms with Crippen LogP contribution in [0.4, 0.5) is 0 Å². The van der Waals surface area contributed by atoms with Gasteiger partial charge in [-0.1, -0.05) is 17.7 Å². The summed E-state index contributed by atoms with van der Waals surface area (Å²) < 4.78 is 33.0. The van der Waals surface area contributed by atoms with Crippen LogP contribution >= 0.6 is 0 Å². The first-order valence-electron chi connectivity index (χ1n) is 4.90. The summed E-state index contributed by atoms with van der Waals surface area (Å²) in [6.45, 7) is 2.52. The van der Waals surface area contributed by atoms with Crippen LogP contribution < -0.4 is 0 Å². The van der Waals surface area contributed by atoms with Gasteiger partial charge in [0.1, 0.15) is 16.9 Å². The third-order valence-electron chi connectivity index (χ3n) is 2.25. The van der Waals surface area contributed by atoms with Crippen LogP contribution in [-0.2, 0) is 19.0 Å². The molecule has 1 fully saturated rings. The molecular formula is C11H12O4S. The van der Waals surface area contributed by atoms with Crippen molar-refractivity contribution in [1.82, 2.24) is 0 Å². The molecule has 1 aromatic rings. The van der Waals surface area contributed by atoms with Gasteiger partial charge in [-0.3, -0.25) is 0 Å². The Morgan fingerprint density at radius 2 is 1.94 bits per heavy atom. The highest BCUT2D eigenvalue weighted by Gasteiger charge is 2.16. The maximum absolute atomic E-state index is 11.7. The van der Waals surface area contributed by atoms with Gasteiger partial charge in [-0.15, -0.1) is 0 Å². The Morgan fingerprint density at radius 1 is 1.31 bits per heavy atom. The van der Waals surface area contributed by atoms with Gasteiger partial charge in [0.2, 0.25) is 0 Å². The van der Waals surface area contributed by atoms with Crippen LogP contribution in [0.3, 0.4) is 0 Å². The second kappa shape index (κ2) is 4.17. The molecule has 1 aromatic carbocycles. The lowest BCUT2D eigenvalue weighted by Crippen LogP contribution is -2.10. The molecule has 0 aliphatic carbocycles. The standard InChI is InChI=1S/C11H12O4S/c1-9-2-4-11(5-3-9)16(12,13)15-8-10-6-7-14-10/h2-5,8H,6-7H2,1H3. The molecule has 1 aliphatic heterocycles. The van der Waals surface area contributed by atoms with Gasteiger partial charge < -0.3 is 8.92 Å². The smallest absolute Gasteiger partial charge is 0.338 e. The van der Waals surface area contributed by atoms with E-state index in [4.69, 9.17) is 8.92 Å². The fourth-order valence-corrected chi connectivity index (χ4v) is 2.00. The summed E-state index contributed by atoms with van der Waals surface area (Å²) in [6, 6.07) is 6.49. The molecular weight excluding hydrogens is 228 g/mol. The molecule has 0 bridgehead atoms. The van der Waals surface area contributed by atoms with Crippen molar-refractivity contribution in [1.29, 1.82) is 0 Å². The van der Waals surface area contributed by atoms with Crippen molar-refractivity contribution < 1.29 is 17.3 Å². The number of ether oxygens (including phenoxy) is 1. The molecule has 0 radical (unpaired) electrons. The van der Waals surface area contributed by atoms with E-state index >= 15 is 0 Å². The average Bonchev–Trinajstić information content (AvgIpc) is 2.15. The Kier molecular flexibility index (Phi) is 2.87. The van der Waals surface area contributed by atoms with Crippen molar-refractivity contribution in [3.8, 4) is 0 Å². The summed E-state index contributed by atoms with van der Waals surface area (Å²) in [7, 11) is -3.70. The number of hydrogen-bond acceptors (Lipinski definition) is 4. The Morgan fingerprint density at radius 3 is 2.44 bits per heavy atom. The van der Waals surface area contributed by atoms with Crippen molar-refractivity contribution in [2.45, 2.75) is 18.2 Å². The minimum Gasteiger partial charge on any atom is -0.494 e. The van der Waals surface area contributed by atoms with E-state index in [9.17, 15) is 8.42 Å². The van der Waals surface area contributed by atoms with E-state index in [1.807, 2.05) is 6.92 Å². The van der Waals surface area contributed by atoms with Crippen LogP contribution in [0.2, 0.25) is 0 Å². The van der Waals surface area contributed by atoms with Crippen LogP contribution in [-0.4, -0.2) is 15.0 Å². The summed E-state index contributed by atoms with van der Waals surface area (Å²) in [5, 5.41) is 0. The van der Waals surface area contributed by atoms with Gasteiger partial charge >= 0.3 is 10.1 Å². The summed E-state index contributed by atoms with van der Waals surface area (Å²) in [6.07, 6.45) is 1.88. The SMILES string of the molecule is Cc1ccc(S(=O)(=O)OC=C2CCO2)cc1. The lowest BCUT2D eigenvalue weighted by Gasteiger charge is -2.17. The molecule has 0 spiro atoms. The first-order chi connectivity index (χ1) is 7.58. The van der Waals surface area contributed by atoms with Crippen molar-refractivity contribution in [3.63, 3.8) is 0 Å². The lowest BCUT2D eigenvalue weighted by molar-refractivity contribution is 0.109. The van der Waals surface area contributed by atoms with E-state index in [-0.39, 0.29) is 4.90 Å². The maximum Gasteiger partial charge on any atom is 0.338 e. The van der Waals surface area contributed by atoms with E-state index in [1.165, 1.54) is 12.1 Å². The number of hydrogen-bond donors (Lipinski definition) is 0. The van der Waals surface area contributed by atoms with Gasteiger partial charge in [-0.25, -0.2) is 0 Å². The van der Waals surface area contributed by atoms with Crippen molar-refractivity contribution in [2.24, 2.45) is 0 Å². The van der Waals surface area contributed by atoms with Crippen molar-refractivity contribution in [2.75, 3.05) is 6.61 Å². The van der Waals surface area contributed by atoms with E-state index in [2.05, 4.69) is 0 Å². The number of rotatable bonds is 3. The highest BCUT2D eigenvalue weighted by molar-refractivity contribution is 7.86. The fraction of sp³-hybridized carbons (Fsp3) is 0.273. The Balaban J connectivity index is 2.15. The first-order valence-corrected chi connectivity index (χ1v) is 6.30. The molecule has 0 amide bonds. The Labute approximate surface area is 94.6 Å². The topological polar surface area (TPSA) is 52.6 Å². The highest BCUT2D eigenvalue weighted by atomic mass is 32.2. The molecule has 16 heavy (non-hydrogen) atoms. The zero-order chi connectivity index (χ0) is 11.6. The van der Waals surface area contributed by atoms with E-state index in [0.717, 1.165) is 18.2 Å². The predicted molar refractivity (Wildman–Crippen MR) is 58.1 cm³/mol. The molecule has 0 saturated carbocycles. The van der Waals surface area contributed by atoms with Crippen molar-refractivity contribution >= 4 is 10.1 Å². The fourth-order valence-electron chi connectivity index (χ4n) is 1.19. The van der Waals surface area contributed by atoms with Gasteiger partial charge in [0.15, 0.2) is 0 Å². The number of benzene rings is 1. The minimum absolute atomic E-state index is 0.147. The normalized spacial score (nSPS) is 17.7. The molecule has 2 rings (SSSR count). The maximum atomic E-state index is 11.7. The summed E-state index contributed by atoms with van der Waals surface area (Å²) in [5.74, 6) is 0.565. The van der Waals surface area contributed by atoms with Gasteiger partial charge in [0.25, 0.3) is 0 Å². The monoisotopic (exact) mass is 240 g/mol. The van der Waals surface area contributed by atoms with Crippen LogP contribution in [0.5, 0.6) is 0 Å². The van der Waals surface area contributed by atoms with Crippen LogP contribution in [0.25, 0.3) is 0 Å². The second-order valence-electron chi connectivity index (χ2n) is 3.55. The molecule has 0 unspecified atom stereocenters. The molecule has 0 atom stereocenters. The molecule has 5 heteroatoms. The Bertz CT molecular complexity index is 493. The van der Waals surface area contributed by atoms with Gasteiger partial charge in [-0.05, 0) is 19.1 Å². The molecule has 1 aliphatic rings. The summed E-state index contributed by atoms with van der Waals surface area (Å²) >= 11 is 0. The second-order valence-corrected chi connectivity index (χ2v) is 5.12. The van der Waals surface area contributed by atoms with E-state index < -0.39 is 10.1 Å². The third-order valence-corrected chi connectivity index (χ3v) is 3.45. The molecule has 4 nitrogen and oxygen atoms in total. The lowest BCUT2D eigenvalue weighted by atomic mass is 10.2. The minimum atomic E-state index is -3.70. The Hall–Kier alpha value is -1.49. The zero-order valence-electron chi connectivity index (χ0n) is 8.84. The quantitative estimate of drug-likeness (QED) is 0.598. The average molecular weight is 240 g/mol. The van der Waals surface area contributed by atoms with E-state index in [0.29, 0.717) is 12.4 Å². The molecule has 0 aromatic heterocycles. The van der Waals surface area contributed by atoms with E-state index in [1.54, 1.807) is 12.1 Å². The highest BCUT2D eigenvalue weighted by Crippen LogP contribution is 2.18.